The fourth-order valence-corrected chi connectivity index (χ4v) is 5.28. The number of thioether (sulfide) groups is 1. The molecule has 0 atom stereocenters. The van der Waals surface area contributed by atoms with Gasteiger partial charge >= 0.3 is 0 Å². The second-order valence-electron chi connectivity index (χ2n) is 5.50. The Bertz CT molecular complexity index is 559. The van der Waals surface area contributed by atoms with E-state index in [9.17, 15) is 0 Å². The molecule has 1 aromatic heterocycles. The van der Waals surface area contributed by atoms with Gasteiger partial charge in [0.15, 0.2) is 0 Å². The van der Waals surface area contributed by atoms with Crippen molar-refractivity contribution in [1.29, 1.82) is 0 Å². The van der Waals surface area contributed by atoms with Crippen LogP contribution in [0.4, 0.5) is 0 Å². The van der Waals surface area contributed by atoms with Gasteiger partial charge in [0.05, 0.1) is 5.69 Å². The van der Waals surface area contributed by atoms with Crippen LogP contribution in [0.1, 0.15) is 35.6 Å². The van der Waals surface area contributed by atoms with E-state index in [2.05, 4.69) is 42.1 Å². The molecule has 0 bridgehead atoms. The topological polar surface area (TPSA) is 38.9 Å². The minimum absolute atomic E-state index is 0.692. The standard InChI is InChI=1S/C17H22N2S2/c18-11-10-15-17(13-6-2-1-3-7-13)19-16(21-15)12-20-14-8-4-5-9-14/h1-3,6-7,14H,4-5,8-12,18H2. The summed E-state index contributed by atoms with van der Waals surface area (Å²) >= 11 is 3.94. The average molecular weight is 319 g/mol. The first-order valence-corrected chi connectivity index (χ1v) is 9.59. The number of rotatable bonds is 6. The molecule has 0 saturated heterocycles. The van der Waals surface area contributed by atoms with Crippen LogP contribution in [0.15, 0.2) is 30.3 Å². The van der Waals surface area contributed by atoms with E-state index in [1.165, 1.54) is 41.1 Å². The molecule has 2 nitrogen and oxygen atoms in total. The fraction of sp³-hybridized carbons (Fsp3) is 0.471. The van der Waals surface area contributed by atoms with Gasteiger partial charge < -0.3 is 5.73 Å². The normalized spacial score (nSPS) is 15.7. The van der Waals surface area contributed by atoms with E-state index >= 15 is 0 Å². The molecule has 0 aliphatic heterocycles. The van der Waals surface area contributed by atoms with Crippen LogP contribution < -0.4 is 5.73 Å². The van der Waals surface area contributed by atoms with Gasteiger partial charge in [0.25, 0.3) is 0 Å². The number of benzene rings is 1. The largest absolute Gasteiger partial charge is 0.330 e. The molecule has 1 saturated carbocycles. The van der Waals surface area contributed by atoms with E-state index in [4.69, 9.17) is 10.7 Å². The molecule has 1 aromatic carbocycles. The Morgan fingerprint density at radius 1 is 1.19 bits per heavy atom. The highest BCUT2D eigenvalue weighted by Gasteiger charge is 2.17. The second kappa shape index (κ2) is 7.43. The van der Waals surface area contributed by atoms with Crippen molar-refractivity contribution in [3.63, 3.8) is 0 Å². The Labute approximate surface area is 135 Å². The first-order chi connectivity index (χ1) is 10.4. The molecule has 1 aliphatic rings. The van der Waals surface area contributed by atoms with Crippen LogP contribution in [-0.4, -0.2) is 16.8 Å². The Kier molecular flexibility index (Phi) is 5.33. The van der Waals surface area contributed by atoms with Crippen molar-refractivity contribution in [3.05, 3.63) is 40.2 Å². The summed E-state index contributed by atoms with van der Waals surface area (Å²) in [4.78, 5) is 6.24. The molecular weight excluding hydrogens is 296 g/mol. The first kappa shape index (κ1) is 15.1. The molecule has 112 valence electrons. The molecule has 1 fully saturated rings. The van der Waals surface area contributed by atoms with Crippen molar-refractivity contribution in [1.82, 2.24) is 4.98 Å². The Morgan fingerprint density at radius 3 is 2.67 bits per heavy atom. The summed E-state index contributed by atoms with van der Waals surface area (Å²) in [6, 6.07) is 10.5. The maximum atomic E-state index is 5.76. The molecule has 3 rings (SSSR count). The van der Waals surface area contributed by atoms with Crippen molar-refractivity contribution >= 4 is 23.1 Å². The van der Waals surface area contributed by atoms with E-state index in [1.54, 1.807) is 0 Å². The fourth-order valence-electron chi connectivity index (χ4n) is 2.83. The summed E-state index contributed by atoms with van der Waals surface area (Å²) < 4.78 is 0. The lowest BCUT2D eigenvalue weighted by molar-refractivity contribution is 0.886. The Balaban J connectivity index is 1.75. The average Bonchev–Trinajstić information content (AvgIpc) is 3.16. The third-order valence-electron chi connectivity index (χ3n) is 3.90. The highest BCUT2D eigenvalue weighted by molar-refractivity contribution is 7.99. The van der Waals surface area contributed by atoms with Crippen molar-refractivity contribution in [2.45, 2.75) is 43.1 Å². The van der Waals surface area contributed by atoms with E-state index in [0.29, 0.717) is 6.54 Å². The van der Waals surface area contributed by atoms with Gasteiger partial charge in [-0.3, -0.25) is 0 Å². The molecule has 21 heavy (non-hydrogen) atoms. The molecule has 1 heterocycles. The summed E-state index contributed by atoms with van der Waals surface area (Å²) in [5, 5.41) is 2.11. The zero-order valence-corrected chi connectivity index (χ0v) is 13.9. The summed E-state index contributed by atoms with van der Waals surface area (Å²) in [6.45, 7) is 0.692. The molecule has 0 spiro atoms. The van der Waals surface area contributed by atoms with Gasteiger partial charge in [-0.15, -0.1) is 11.3 Å². The van der Waals surface area contributed by atoms with Crippen molar-refractivity contribution in [3.8, 4) is 11.3 Å². The molecule has 0 amide bonds. The van der Waals surface area contributed by atoms with Gasteiger partial charge in [0, 0.05) is 21.4 Å². The highest BCUT2D eigenvalue weighted by atomic mass is 32.2. The predicted octanol–water partition coefficient (Wildman–Crippen LogP) is 4.49. The van der Waals surface area contributed by atoms with Gasteiger partial charge in [-0.05, 0) is 25.8 Å². The molecule has 0 unspecified atom stereocenters. The van der Waals surface area contributed by atoms with Gasteiger partial charge in [-0.1, -0.05) is 43.2 Å². The predicted molar refractivity (Wildman–Crippen MR) is 93.9 cm³/mol. The maximum absolute atomic E-state index is 5.76. The number of aromatic nitrogens is 1. The zero-order valence-electron chi connectivity index (χ0n) is 12.3. The van der Waals surface area contributed by atoms with Gasteiger partial charge in [-0.25, -0.2) is 4.98 Å². The lowest BCUT2D eigenvalue weighted by Gasteiger charge is -2.05. The van der Waals surface area contributed by atoms with Gasteiger partial charge in [0.2, 0.25) is 0 Å². The van der Waals surface area contributed by atoms with Gasteiger partial charge in [0.1, 0.15) is 5.01 Å². The lowest BCUT2D eigenvalue weighted by atomic mass is 10.1. The maximum Gasteiger partial charge on any atom is 0.103 e. The quantitative estimate of drug-likeness (QED) is 0.853. The highest BCUT2D eigenvalue weighted by Crippen LogP contribution is 2.35. The van der Waals surface area contributed by atoms with Crippen molar-refractivity contribution < 1.29 is 0 Å². The number of hydrogen-bond donors (Lipinski definition) is 1. The molecular formula is C17H22N2S2. The van der Waals surface area contributed by atoms with Crippen LogP contribution in [-0.2, 0) is 12.2 Å². The SMILES string of the molecule is NCCc1sc(CSC2CCCC2)nc1-c1ccccc1. The molecule has 0 radical (unpaired) electrons. The van der Waals surface area contributed by atoms with Crippen LogP contribution >= 0.6 is 23.1 Å². The van der Waals surface area contributed by atoms with E-state index in [1.807, 2.05) is 11.3 Å². The molecule has 1 aliphatic carbocycles. The summed E-state index contributed by atoms with van der Waals surface area (Å²) in [6.07, 6.45) is 6.51. The van der Waals surface area contributed by atoms with Gasteiger partial charge in [-0.2, -0.15) is 11.8 Å². The number of thiazole rings is 1. The van der Waals surface area contributed by atoms with Crippen molar-refractivity contribution in [2.75, 3.05) is 6.54 Å². The summed E-state index contributed by atoms with van der Waals surface area (Å²) in [5.41, 5.74) is 8.13. The number of nitrogens with zero attached hydrogens (tertiary/aromatic N) is 1. The van der Waals surface area contributed by atoms with E-state index < -0.39 is 0 Å². The third kappa shape index (κ3) is 3.87. The molecule has 4 heteroatoms. The molecule has 2 N–H and O–H groups in total. The van der Waals surface area contributed by atoms with Crippen LogP contribution in [0, 0.1) is 0 Å². The summed E-state index contributed by atoms with van der Waals surface area (Å²) in [7, 11) is 0. The monoisotopic (exact) mass is 318 g/mol. The Morgan fingerprint density at radius 2 is 1.95 bits per heavy atom. The number of nitrogens with two attached hydrogens (primary N) is 1. The number of hydrogen-bond acceptors (Lipinski definition) is 4. The summed E-state index contributed by atoms with van der Waals surface area (Å²) in [5.74, 6) is 1.06. The van der Waals surface area contributed by atoms with Crippen molar-refractivity contribution in [2.24, 2.45) is 5.73 Å². The Hall–Kier alpha value is -0.840. The smallest absolute Gasteiger partial charge is 0.103 e. The van der Waals surface area contributed by atoms with Crippen LogP contribution in [0.5, 0.6) is 0 Å². The van der Waals surface area contributed by atoms with Crippen LogP contribution in [0.3, 0.4) is 0 Å². The first-order valence-electron chi connectivity index (χ1n) is 7.72. The second-order valence-corrected chi connectivity index (χ2v) is 7.96. The van der Waals surface area contributed by atoms with E-state index in [-0.39, 0.29) is 0 Å². The zero-order chi connectivity index (χ0) is 14.5. The minimum atomic E-state index is 0.692. The lowest BCUT2D eigenvalue weighted by Crippen LogP contribution is -2.02. The third-order valence-corrected chi connectivity index (χ3v) is 6.59. The molecule has 2 aromatic rings. The van der Waals surface area contributed by atoms with Crippen LogP contribution in [0.25, 0.3) is 11.3 Å². The van der Waals surface area contributed by atoms with Crippen LogP contribution in [0.2, 0.25) is 0 Å². The van der Waals surface area contributed by atoms with E-state index in [0.717, 1.165) is 23.1 Å². The minimum Gasteiger partial charge on any atom is -0.330 e.